The lowest BCUT2D eigenvalue weighted by Gasteiger charge is -2.37. The third-order valence-electron chi connectivity index (χ3n) is 6.12. The van der Waals surface area contributed by atoms with E-state index in [2.05, 4.69) is 36.5 Å². The van der Waals surface area contributed by atoms with E-state index in [0.717, 1.165) is 17.8 Å². The van der Waals surface area contributed by atoms with Gasteiger partial charge in [0, 0.05) is 12.2 Å². The molecule has 0 saturated carbocycles. The minimum Gasteiger partial charge on any atom is -0.385 e. The van der Waals surface area contributed by atoms with Crippen molar-refractivity contribution in [3.05, 3.63) is 29.8 Å². The van der Waals surface area contributed by atoms with Crippen LogP contribution in [0.1, 0.15) is 65.9 Å². The average molecular weight is 450 g/mol. The van der Waals surface area contributed by atoms with Crippen molar-refractivity contribution in [1.82, 2.24) is 0 Å². The van der Waals surface area contributed by atoms with Gasteiger partial charge in [0.1, 0.15) is 24.4 Å². The second-order valence-electron chi connectivity index (χ2n) is 9.91. The Morgan fingerprint density at radius 3 is 2.28 bits per heavy atom. The molecule has 3 aliphatic rings. The van der Waals surface area contributed by atoms with Gasteiger partial charge in [-0.05, 0) is 51.8 Å². The van der Waals surface area contributed by atoms with Crippen LogP contribution in [0.4, 0.5) is 5.69 Å². The molecule has 1 aromatic carbocycles. The minimum atomic E-state index is -0.711. The highest BCUT2D eigenvalue weighted by atomic mass is 16.9. The molecule has 3 heterocycles. The van der Waals surface area contributed by atoms with E-state index in [1.54, 1.807) is 0 Å². The van der Waals surface area contributed by atoms with Gasteiger partial charge in [0.05, 0.1) is 13.2 Å². The molecule has 0 aromatic heterocycles. The Kier molecular flexibility index (Phi) is 7.44. The monoisotopic (exact) mass is 449 g/mol. The standard InChI is InChI=1S/C25H39NO6/c1-6-7-8-9-14-26-18-12-10-17(11-13-18)15-27-16-19-20-21(30-24(2,3)29-20)22-23(28-19)32-25(4,5)31-22/h10-13,19-23,26H,6-9,14-16H2,1-5H3/t19-,20+,21+,22-,23?/m1/s1. The topological polar surface area (TPSA) is 67.4 Å². The second kappa shape index (κ2) is 9.95. The molecule has 3 aliphatic heterocycles. The van der Waals surface area contributed by atoms with Crippen LogP contribution in [0.15, 0.2) is 24.3 Å². The van der Waals surface area contributed by atoms with Crippen LogP contribution in [0.25, 0.3) is 0 Å². The number of unbranched alkanes of at least 4 members (excludes halogenated alkanes) is 3. The number of ether oxygens (including phenoxy) is 6. The molecular formula is C25H39NO6. The Bertz CT molecular complexity index is 736. The maximum Gasteiger partial charge on any atom is 0.190 e. The van der Waals surface area contributed by atoms with Crippen molar-refractivity contribution in [1.29, 1.82) is 0 Å². The molecule has 3 saturated heterocycles. The van der Waals surface area contributed by atoms with E-state index in [1.807, 2.05) is 27.7 Å². The zero-order valence-corrected chi connectivity index (χ0v) is 20.1. The van der Waals surface area contributed by atoms with Gasteiger partial charge >= 0.3 is 0 Å². The molecule has 0 spiro atoms. The average Bonchev–Trinajstić information content (AvgIpc) is 3.23. The van der Waals surface area contributed by atoms with Gasteiger partial charge in [-0.15, -0.1) is 0 Å². The highest BCUT2D eigenvalue weighted by Gasteiger charge is 2.60. The quantitative estimate of drug-likeness (QED) is 0.524. The fourth-order valence-electron chi connectivity index (χ4n) is 4.62. The van der Waals surface area contributed by atoms with Crippen molar-refractivity contribution in [2.45, 2.75) is 109 Å². The molecule has 32 heavy (non-hydrogen) atoms. The Morgan fingerprint density at radius 2 is 1.53 bits per heavy atom. The molecule has 5 atom stereocenters. The molecular weight excluding hydrogens is 410 g/mol. The number of benzene rings is 1. The smallest absolute Gasteiger partial charge is 0.190 e. The second-order valence-corrected chi connectivity index (χ2v) is 9.91. The summed E-state index contributed by atoms with van der Waals surface area (Å²) in [4.78, 5) is 0. The molecule has 1 N–H and O–H groups in total. The molecule has 0 aliphatic carbocycles. The van der Waals surface area contributed by atoms with E-state index in [0.29, 0.717) is 13.2 Å². The maximum absolute atomic E-state index is 6.20. The largest absolute Gasteiger partial charge is 0.385 e. The molecule has 0 bridgehead atoms. The molecule has 7 nitrogen and oxygen atoms in total. The summed E-state index contributed by atoms with van der Waals surface area (Å²) in [5, 5.41) is 3.48. The van der Waals surface area contributed by atoms with E-state index in [-0.39, 0.29) is 24.4 Å². The lowest BCUT2D eigenvalue weighted by atomic mass is 9.99. The number of rotatable bonds is 10. The highest BCUT2D eigenvalue weighted by Crippen LogP contribution is 2.44. The number of hydrogen-bond donors (Lipinski definition) is 1. The van der Waals surface area contributed by atoms with Gasteiger partial charge in [-0.3, -0.25) is 0 Å². The number of fused-ring (bicyclic) bond motifs is 3. The van der Waals surface area contributed by atoms with Crippen LogP contribution in [-0.4, -0.2) is 55.4 Å². The molecule has 1 unspecified atom stereocenters. The third kappa shape index (κ3) is 5.82. The minimum absolute atomic E-state index is 0.248. The van der Waals surface area contributed by atoms with Crippen LogP contribution in [0.3, 0.4) is 0 Å². The first-order valence-corrected chi connectivity index (χ1v) is 12.0. The Morgan fingerprint density at radius 1 is 0.844 bits per heavy atom. The highest BCUT2D eigenvalue weighted by molar-refractivity contribution is 5.44. The van der Waals surface area contributed by atoms with Crippen molar-refractivity contribution in [2.75, 3.05) is 18.5 Å². The third-order valence-corrected chi connectivity index (χ3v) is 6.12. The summed E-state index contributed by atoms with van der Waals surface area (Å²) in [7, 11) is 0. The van der Waals surface area contributed by atoms with Crippen molar-refractivity contribution in [2.24, 2.45) is 0 Å². The maximum atomic E-state index is 6.20. The fourth-order valence-corrected chi connectivity index (χ4v) is 4.62. The predicted molar refractivity (Wildman–Crippen MR) is 121 cm³/mol. The molecule has 0 amide bonds. The summed E-state index contributed by atoms with van der Waals surface area (Å²) in [5.41, 5.74) is 2.27. The van der Waals surface area contributed by atoms with E-state index in [4.69, 9.17) is 28.4 Å². The van der Waals surface area contributed by atoms with Gasteiger partial charge in [0.25, 0.3) is 0 Å². The van der Waals surface area contributed by atoms with Crippen molar-refractivity contribution >= 4 is 5.69 Å². The van der Waals surface area contributed by atoms with Crippen LogP contribution in [0.5, 0.6) is 0 Å². The fraction of sp³-hybridized carbons (Fsp3) is 0.760. The molecule has 3 fully saturated rings. The van der Waals surface area contributed by atoms with Gasteiger partial charge in [-0.1, -0.05) is 38.3 Å². The van der Waals surface area contributed by atoms with E-state index in [9.17, 15) is 0 Å². The molecule has 0 radical (unpaired) electrons. The Hall–Kier alpha value is -1.22. The zero-order chi connectivity index (χ0) is 22.8. The molecule has 7 heteroatoms. The van der Waals surface area contributed by atoms with Gasteiger partial charge in [0.2, 0.25) is 0 Å². The lowest BCUT2D eigenvalue weighted by Crippen LogP contribution is -2.56. The summed E-state index contributed by atoms with van der Waals surface area (Å²) < 4.78 is 36.5. The lowest BCUT2D eigenvalue weighted by molar-refractivity contribution is -0.243. The zero-order valence-electron chi connectivity index (χ0n) is 20.1. The van der Waals surface area contributed by atoms with Crippen LogP contribution in [0.2, 0.25) is 0 Å². The summed E-state index contributed by atoms with van der Waals surface area (Å²) in [6, 6.07) is 8.42. The first-order valence-electron chi connectivity index (χ1n) is 12.0. The van der Waals surface area contributed by atoms with Gasteiger partial charge < -0.3 is 33.7 Å². The van der Waals surface area contributed by atoms with Gasteiger partial charge in [-0.25, -0.2) is 0 Å². The van der Waals surface area contributed by atoms with Gasteiger partial charge in [-0.2, -0.15) is 0 Å². The summed E-state index contributed by atoms with van der Waals surface area (Å²) in [6.45, 7) is 11.8. The Balaban J connectivity index is 1.27. The van der Waals surface area contributed by atoms with E-state index < -0.39 is 17.9 Å². The van der Waals surface area contributed by atoms with Crippen LogP contribution in [0, 0.1) is 0 Å². The molecule has 180 valence electrons. The summed E-state index contributed by atoms with van der Waals surface area (Å²) in [5.74, 6) is -1.40. The number of hydrogen-bond acceptors (Lipinski definition) is 7. The van der Waals surface area contributed by atoms with Crippen LogP contribution < -0.4 is 5.32 Å². The number of anilines is 1. The SMILES string of the molecule is CCCCCCNc1ccc(COC[C@H]2OC3OC(C)(C)O[C@@H]3[C@H]3OC(C)(C)O[C@H]32)cc1. The van der Waals surface area contributed by atoms with Crippen LogP contribution >= 0.6 is 0 Å². The summed E-state index contributed by atoms with van der Waals surface area (Å²) in [6.07, 6.45) is 3.46. The van der Waals surface area contributed by atoms with Crippen LogP contribution in [-0.2, 0) is 35.0 Å². The molecule has 1 aromatic rings. The van der Waals surface area contributed by atoms with Crippen molar-refractivity contribution in [3.63, 3.8) is 0 Å². The predicted octanol–water partition coefficient (Wildman–Crippen LogP) is 4.59. The van der Waals surface area contributed by atoms with Gasteiger partial charge in [0.15, 0.2) is 17.9 Å². The first-order chi connectivity index (χ1) is 15.3. The first kappa shape index (κ1) is 23.9. The van der Waals surface area contributed by atoms with E-state index in [1.165, 1.54) is 25.7 Å². The number of nitrogens with one attached hydrogen (secondary N) is 1. The van der Waals surface area contributed by atoms with Crippen molar-refractivity contribution in [3.8, 4) is 0 Å². The van der Waals surface area contributed by atoms with Crippen molar-refractivity contribution < 1.29 is 28.4 Å². The van der Waals surface area contributed by atoms with E-state index >= 15 is 0 Å². The molecule has 4 rings (SSSR count). The summed E-state index contributed by atoms with van der Waals surface area (Å²) >= 11 is 0. The Labute approximate surface area is 192 Å². The normalized spacial score (nSPS) is 32.5.